The minimum Gasteiger partial charge on any atom is -0.321 e. The summed E-state index contributed by atoms with van der Waals surface area (Å²) >= 11 is 1.41. The predicted octanol–water partition coefficient (Wildman–Crippen LogP) is 2.76. The first kappa shape index (κ1) is 15.6. The SMILES string of the molecule is CC(=O)Nc1ccc(C=NNc2nc(C)cs2)cc1[N+](=O)[O-]. The number of nitrogens with zero attached hydrogens (tertiary/aromatic N) is 3. The van der Waals surface area contributed by atoms with E-state index in [0.717, 1.165) is 5.69 Å². The molecule has 1 amide bonds. The molecule has 22 heavy (non-hydrogen) atoms. The lowest BCUT2D eigenvalue weighted by Gasteiger charge is -2.04. The number of anilines is 2. The Kier molecular flexibility index (Phi) is 4.79. The number of rotatable bonds is 5. The molecular weight excluding hydrogens is 306 g/mol. The van der Waals surface area contributed by atoms with Crippen LogP contribution in [0, 0.1) is 17.0 Å². The number of hydrogen-bond donors (Lipinski definition) is 2. The van der Waals surface area contributed by atoms with E-state index in [1.165, 1.54) is 36.6 Å². The van der Waals surface area contributed by atoms with Crippen LogP contribution in [0.5, 0.6) is 0 Å². The number of hydrogen-bond acceptors (Lipinski definition) is 7. The van der Waals surface area contributed by atoms with Crippen molar-refractivity contribution in [2.45, 2.75) is 13.8 Å². The smallest absolute Gasteiger partial charge is 0.293 e. The number of aromatic nitrogens is 1. The molecule has 0 radical (unpaired) electrons. The number of carbonyl (C=O) groups excluding carboxylic acids is 1. The highest BCUT2D eigenvalue weighted by atomic mass is 32.1. The first-order chi connectivity index (χ1) is 10.5. The summed E-state index contributed by atoms with van der Waals surface area (Å²) in [5.74, 6) is -0.370. The van der Waals surface area contributed by atoms with Crippen LogP contribution in [0.1, 0.15) is 18.2 Å². The summed E-state index contributed by atoms with van der Waals surface area (Å²) in [7, 11) is 0. The molecule has 0 unspecified atom stereocenters. The third-order valence-corrected chi connectivity index (χ3v) is 3.39. The second kappa shape index (κ2) is 6.76. The molecule has 0 aliphatic heterocycles. The number of amides is 1. The summed E-state index contributed by atoms with van der Waals surface area (Å²) in [4.78, 5) is 25.7. The Hall–Kier alpha value is -2.81. The fourth-order valence-corrected chi connectivity index (χ4v) is 2.28. The van der Waals surface area contributed by atoms with Crippen LogP contribution in [0.2, 0.25) is 0 Å². The quantitative estimate of drug-likeness (QED) is 0.500. The minimum atomic E-state index is -0.555. The van der Waals surface area contributed by atoms with Gasteiger partial charge in [-0.3, -0.25) is 20.3 Å². The zero-order valence-electron chi connectivity index (χ0n) is 11.9. The van der Waals surface area contributed by atoms with Crippen LogP contribution in [0.3, 0.4) is 0 Å². The fourth-order valence-electron chi connectivity index (χ4n) is 1.64. The largest absolute Gasteiger partial charge is 0.321 e. The van der Waals surface area contributed by atoms with E-state index in [0.29, 0.717) is 10.7 Å². The van der Waals surface area contributed by atoms with Gasteiger partial charge in [0.15, 0.2) is 0 Å². The maximum absolute atomic E-state index is 11.0. The van der Waals surface area contributed by atoms with Gasteiger partial charge < -0.3 is 5.32 Å². The van der Waals surface area contributed by atoms with E-state index < -0.39 is 4.92 Å². The Morgan fingerprint density at radius 1 is 1.50 bits per heavy atom. The molecule has 2 aromatic rings. The van der Waals surface area contributed by atoms with Gasteiger partial charge in [-0.2, -0.15) is 5.10 Å². The van der Waals surface area contributed by atoms with Crippen LogP contribution in [-0.4, -0.2) is 22.0 Å². The van der Waals surface area contributed by atoms with Gasteiger partial charge >= 0.3 is 0 Å². The molecule has 8 nitrogen and oxygen atoms in total. The second-order valence-corrected chi connectivity index (χ2v) is 5.24. The van der Waals surface area contributed by atoms with Gasteiger partial charge in [-0.1, -0.05) is 6.07 Å². The zero-order valence-corrected chi connectivity index (χ0v) is 12.7. The van der Waals surface area contributed by atoms with E-state index >= 15 is 0 Å². The lowest BCUT2D eigenvalue weighted by atomic mass is 10.2. The van der Waals surface area contributed by atoms with Gasteiger partial charge in [-0.25, -0.2) is 4.98 Å². The van der Waals surface area contributed by atoms with E-state index in [9.17, 15) is 14.9 Å². The normalized spacial score (nSPS) is 10.6. The van der Waals surface area contributed by atoms with Crippen molar-refractivity contribution in [3.8, 4) is 0 Å². The van der Waals surface area contributed by atoms with Crippen molar-refractivity contribution in [2.75, 3.05) is 10.7 Å². The third-order valence-electron chi connectivity index (χ3n) is 2.52. The van der Waals surface area contributed by atoms with E-state index in [4.69, 9.17) is 0 Å². The predicted molar refractivity (Wildman–Crippen MR) is 85.5 cm³/mol. The number of nitro groups is 1. The minimum absolute atomic E-state index is 0.151. The Morgan fingerprint density at radius 3 is 2.86 bits per heavy atom. The van der Waals surface area contributed by atoms with Crippen LogP contribution in [0.25, 0.3) is 0 Å². The van der Waals surface area contributed by atoms with Gasteiger partial charge in [0, 0.05) is 23.9 Å². The molecule has 1 aromatic heterocycles. The zero-order chi connectivity index (χ0) is 16.1. The Morgan fingerprint density at radius 2 is 2.27 bits per heavy atom. The monoisotopic (exact) mass is 319 g/mol. The van der Waals surface area contributed by atoms with Crippen LogP contribution in [-0.2, 0) is 4.79 Å². The molecule has 114 valence electrons. The summed E-state index contributed by atoms with van der Waals surface area (Å²) in [5.41, 5.74) is 4.12. The molecule has 0 bridgehead atoms. The molecule has 1 aromatic carbocycles. The summed E-state index contributed by atoms with van der Waals surface area (Å²) < 4.78 is 0. The van der Waals surface area contributed by atoms with Crippen molar-refractivity contribution in [1.82, 2.24) is 4.98 Å². The number of thiazole rings is 1. The molecule has 0 saturated carbocycles. The summed E-state index contributed by atoms with van der Waals surface area (Å²) in [6.45, 7) is 3.16. The molecule has 0 atom stereocenters. The topological polar surface area (TPSA) is 110 Å². The van der Waals surface area contributed by atoms with Gasteiger partial charge in [-0.15, -0.1) is 11.3 Å². The number of benzene rings is 1. The lowest BCUT2D eigenvalue weighted by Crippen LogP contribution is -2.08. The Bertz CT molecular complexity index is 741. The number of aryl methyl sites for hydroxylation is 1. The molecule has 0 aliphatic rings. The first-order valence-corrected chi connectivity index (χ1v) is 7.11. The molecule has 9 heteroatoms. The Balaban J connectivity index is 2.15. The van der Waals surface area contributed by atoms with Crippen molar-refractivity contribution in [3.63, 3.8) is 0 Å². The maximum Gasteiger partial charge on any atom is 0.293 e. The van der Waals surface area contributed by atoms with Crippen molar-refractivity contribution < 1.29 is 9.72 Å². The lowest BCUT2D eigenvalue weighted by molar-refractivity contribution is -0.383. The second-order valence-electron chi connectivity index (χ2n) is 4.38. The van der Waals surface area contributed by atoms with Crippen molar-refractivity contribution in [2.24, 2.45) is 5.10 Å². The number of nitrogens with one attached hydrogen (secondary N) is 2. The van der Waals surface area contributed by atoms with E-state index in [1.807, 2.05) is 12.3 Å². The van der Waals surface area contributed by atoms with Gasteiger partial charge in [0.25, 0.3) is 5.69 Å². The van der Waals surface area contributed by atoms with E-state index in [2.05, 4.69) is 20.8 Å². The van der Waals surface area contributed by atoms with Crippen LogP contribution in [0.15, 0.2) is 28.7 Å². The van der Waals surface area contributed by atoms with Crippen molar-refractivity contribution in [1.29, 1.82) is 0 Å². The average molecular weight is 319 g/mol. The van der Waals surface area contributed by atoms with Crippen molar-refractivity contribution >= 4 is 40.0 Å². The summed E-state index contributed by atoms with van der Waals surface area (Å²) in [5, 5.41) is 20.0. The van der Waals surface area contributed by atoms with Gasteiger partial charge in [-0.05, 0) is 13.0 Å². The molecular formula is C13H13N5O3S. The third kappa shape index (κ3) is 4.09. The van der Waals surface area contributed by atoms with Crippen LogP contribution >= 0.6 is 11.3 Å². The van der Waals surface area contributed by atoms with E-state index in [-0.39, 0.29) is 17.3 Å². The molecule has 0 fully saturated rings. The fraction of sp³-hybridized carbons (Fsp3) is 0.154. The standard InChI is InChI=1S/C13H13N5O3S/c1-8-7-22-13(15-8)17-14-6-10-3-4-11(16-9(2)19)12(5-10)18(20)21/h3-7H,1-2H3,(H,15,17)(H,16,19). The number of carbonyl (C=O) groups is 1. The van der Waals surface area contributed by atoms with Gasteiger partial charge in [0.05, 0.1) is 16.8 Å². The van der Waals surface area contributed by atoms with Crippen LogP contribution in [0.4, 0.5) is 16.5 Å². The van der Waals surface area contributed by atoms with Gasteiger partial charge in [0.1, 0.15) is 5.69 Å². The molecule has 0 aliphatic carbocycles. The molecule has 2 N–H and O–H groups in total. The molecule has 0 spiro atoms. The molecule has 0 saturated heterocycles. The maximum atomic E-state index is 11.0. The van der Waals surface area contributed by atoms with Gasteiger partial charge in [0.2, 0.25) is 11.0 Å². The van der Waals surface area contributed by atoms with Crippen LogP contribution < -0.4 is 10.7 Å². The van der Waals surface area contributed by atoms with E-state index in [1.54, 1.807) is 6.07 Å². The Labute approximate surface area is 130 Å². The number of hydrazone groups is 1. The highest BCUT2D eigenvalue weighted by molar-refractivity contribution is 7.13. The number of nitro benzene ring substituents is 1. The summed E-state index contributed by atoms with van der Waals surface area (Å²) in [6, 6.07) is 4.43. The molecule has 1 heterocycles. The first-order valence-electron chi connectivity index (χ1n) is 6.23. The average Bonchev–Trinajstić information content (AvgIpc) is 2.85. The summed E-state index contributed by atoms with van der Waals surface area (Å²) in [6.07, 6.45) is 1.45. The van der Waals surface area contributed by atoms with Crippen molar-refractivity contribution in [3.05, 3.63) is 45.0 Å². The molecule has 2 rings (SSSR count). The highest BCUT2D eigenvalue weighted by Gasteiger charge is 2.14. The highest BCUT2D eigenvalue weighted by Crippen LogP contribution is 2.25.